The molecule has 1 aromatic heterocycles. The van der Waals surface area contributed by atoms with E-state index in [1.807, 2.05) is 0 Å². The quantitative estimate of drug-likeness (QED) is 0.500. The average molecular weight is 159 g/mol. The van der Waals surface area contributed by atoms with Gasteiger partial charge in [0, 0.05) is 10.9 Å². The fourth-order valence-corrected chi connectivity index (χ4v) is 1.31. The lowest BCUT2D eigenvalue weighted by Crippen LogP contribution is -1.82. The Morgan fingerprint density at radius 2 is 2.40 bits per heavy atom. The van der Waals surface area contributed by atoms with Crippen LogP contribution in [0.3, 0.4) is 0 Å². The van der Waals surface area contributed by atoms with Gasteiger partial charge in [-0.25, -0.2) is 0 Å². The van der Waals surface area contributed by atoms with Gasteiger partial charge in [0.1, 0.15) is 0 Å². The van der Waals surface area contributed by atoms with Crippen LogP contribution in [0.1, 0.15) is 5.56 Å². The van der Waals surface area contributed by atoms with Gasteiger partial charge in [-0.2, -0.15) is 0 Å². The molecule has 0 saturated heterocycles. The maximum absolute atomic E-state index is 10.1. The number of thiophene rings is 1. The van der Waals surface area contributed by atoms with E-state index in [9.17, 15) is 10.1 Å². The predicted molar refractivity (Wildman–Crippen MR) is 37.4 cm³/mol. The minimum atomic E-state index is -0.590. The minimum Gasteiger partial charge on any atom is -0.501 e. The molecule has 4 nitrogen and oxygen atoms in total. The standard InChI is InChI=1S/C5H5NO3S/c1-3-2-10-5(4(3)7)6(8)9/h2,7H,1H3. The molecule has 10 heavy (non-hydrogen) atoms. The maximum atomic E-state index is 10.1. The van der Waals surface area contributed by atoms with Crippen molar-refractivity contribution in [2.45, 2.75) is 6.92 Å². The second-order valence-corrected chi connectivity index (χ2v) is 2.69. The zero-order chi connectivity index (χ0) is 7.72. The van der Waals surface area contributed by atoms with Crippen molar-refractivity contribution in [1.82, 2.24) is 0 Å². The van der Waals surface area contributed by atoms with Gasteiger partial charge in [0.25, 0.3) is 0 Å². The van der Waals surface area contributed by atoms with Crippen molar-refractivity contribution < 1.29 is 10.0 Å². The van der Waals surface area contributed by atoms with E-state index >= 15 is 0 Å². The smallest absolute Gasteiger partial charge is 0.365 e. The van der Waals surface area contributed by atoms with Gasteiger partial charge in [-0.1, -0.05) is 11.3 Å². The van der Waals surface area contributed by atoms with Crippen LogP contribution in [0.4, 0.5) is 5.00 Å². The van der Waals surface area contributed by atoms with Crippen LogP contribution in [-0.2, 0) is 0 Å². The number of aromatic hydroxyl groups is 1. The second kappa shape index (κ2) is 2.26. The molecule has 0 amide bonds. The first-order valence-corrected chi connectivity index (χ1v) is 3.42. The maximum Gasteiger partial charge on any atom is 0.365 e. The van der Waals surface area contributed by atoms with Crippen molar-refractivity contribution in [2.75, 3.05) is 0 Å². The fraction of sp³-hybridized carbons (Fsp3) is 0.200. The van der Waals surface area contributed by atoms with E-state index in [1.165, 1.54) is 0 Å². The molecule has 0 radical (unpaired) electrons. The predicted octanol–water partition coefficient (Wildman–Crippen LogP) is 1.67. The van der Waals surface area contributed by atoms with Crippen molar-refractivity contribution in [3.63, 3.8) is 0 Å². The molecule has 5 heteroatoms. The van der Waals surface area contributed by atoms with Crippen LogP contribution in [-0.4, -0.2) is 10.0 Å². The normalized spacial score (nSPS) is 9.70. The molecule has 1 N–H and O–H groups in total. The molecule has 1 heterocycles. The van der Waals surface area contributed by atoms with Gasteiger partial charge in [-0.15, -0.1) is 0 Å². The largest absolute Gasteiger partial charge is 0.501 e. The Balaban J connectivity index is 3.17. The molecular weight excluding hydrogens is 154 g/mol. The van der Waals surface area contributed by atoms with Crippen LogP contribution < -0.4 is 0 Å². The Hall–Kier alpha value is -1.10. The lowest BCUT2D eigenvalue weighted by molar-refractivity contribution is -0.381. The van der Waals surface area contributed by atoms with Crippen LogP contribution >= 0.6 is 11.3 Å². The number of nitro groups is 1. The molecule has 0 aliphatic heterocycles. The summed E-state index contributed by atoms with van der Waals surface area (Å²) in [6.45, 7) is 1.62. The topological polar surface area (TPSA) is 63.4 Å². The summed E-state index contributed by atoms with van der Waals surface area (Å²) in [5.74, 6) is -0.213. The monoisotopic (exact) mass is 159 g/mol. The van der Waals surface area contributed by atoms with Crippen molar-refractivity contribution in [3.05, 3.63) is 21.1 Å². The molecule has 0 atom stereocenters. The lowest BCUT2D eigenvalue weighted by atomic mass is 10.3. The zero-order valence-electron chi connectivity index (χ0n) is 5.20. The van der Waals surface area contributed by atoms with Gasteiger partial charge in [-0.05, 0) is 6.92 Å². The van der Waals surface area contributed by atoms with E-state index in [-0.39, 0.29) is 10.8 Å². The third-order valence-corrected chi connectivity index (χ3v) is 2.13. The van der Waals surface area contributed by atoms with E-state index in [2.05, 4.69) is 0 Å². The summed E-state index contributed by atoms with van der Waals surface area (Å²) in [7, 11) is 0. The number of hydrogen-bond donors (Lipinski definition) is 1. The Kier molecular flexibility index (Phi) is 1.58. The van der Waals surface area contributed by atoms with Gasteiger partial charge in [-0.3, -0.25) is 10.1 Å². The number of hydrogen-bond acceptors (Lipinski definition) is 4. The highest BCUT2D eigenvalue weighted by Gasteiger charge is 2.16. The first-order chi connectivity index (χ1) is 4.63. The van der Waals surface area contributed by atoms with Gasteiger partial charge in [0.15, 0.2) is 0 Å². The third kappa shape index (κ3) is 0.950. The first kappa shape index (κ1) is 7.01. The highest BCUT2D eigenvalue weighted by Crippen LogP contribution is 2.35. The second-order valence-electron chi connectivity index (χ2n) is 1.83. The van der Waals surface area contributed by atoms with Crippen LogP contribution in [0.5, 0.6) is 5.75 Å². The van der Waals surface area contributed by atoms with Gasteiger partial charge in [0.2, 0.25) is 5.75 Å². The van der Waals surface area contributed by atoms with Crippen molar-refractivity contribution in [1.29, 1.82) is 0 Å². The Morgan fingerprint density at radius 3 is 2.60 bits per heavy atom. The summed E-state index contributed by atoms with van der Waals surface area (Å²) in [5, 5.41) is 20.4. The molecule has 0 bridgehead atoms. The number of aryl methyl sites for hydroxylation is 1. The summed E-state index contributed by atoms with van der Waals surface area (Å²) >= 11 is 0.935. The Bertz CT molecular complexity index is 268. The van der Waals surface area contributed by atoms with Gasteiger partial charge < -0.3 is 5.11 Å². The molecular formula is C5H5NO3S. The molecule has 0 saturated carbocycles. The van der Waals surface area contributed by atoms with E-state index in [0.717, 1.165) is 11.3 Å². The van der Waals surface area contributed by atoms with Crippen LogP contribution in [0.25, 0.3) is 0 Å². The summed E-state index contributed by atoms with van der Waals surface area (Å²) in [6, 6.07) is 0. The summed E-state index contributed by atoms with van der Waals surface area (Å²) < 4.78 is 0. The lowest BCUT2D eigenvalue weighted by Gasteiger charge is -1.85. The van der Waals surface area contributed by atoms with E-state index < -0.39 is 4.92 Å². The van der Waals surface area contributed by atoms with E-state index in [0.29, 0.717) is 5.56 Å². The summed E-state index contributed by atoms with van der Waals surface area (Å²) in [4.78, 5) is 9.50. The molecule has 0 fully saturated rings. The zero-order valence-corrected chi connectivity index (χ0v) is 6.01. The molecule has 0 spiro atoms. The van der Waals surface area contributed by atoms with Gasteiger partial charge in [0.05, 0.1) is 4.92 Å². The van der Waals surface area contributed by atoms with Crippen LogP contribution in [0, 0.1) is 17.0 Å². The van der Waals surface area contributed by atoms with Crippen molar-refractivity contribution >= 4 is 16.3 Å². The first-order valence-electron chi connectivity index (χ1n) is 2.54. The molecule has 0 aliphatic carbocycles. The fourth-order valence-electron chi connectivity index (χ4n) is 0.554. The highest BCUT2D eigenvalue weighted by molar-refractivity contribution is 7.13. The highest BCUT2D eigenvalue weighted by atomic mass is 32.1. The van der Waals surface area contributed by atoms with Crippen molar-refractivity contribution in [3.8, 4) is 5.75 Å². The molecule has 1 aromatic rings. The summed E-state index contributed by atoms with van der Waals surface area (Å²) in [5.41, 5.74) is 0.553. The van der Waals surface area contributed by atoms with E-state index in [4.69, 9.17) is 5.11 Å². The molecule has 0 aliphatic rings. The van der Waals surface area contributed by atoms with Crippen LogP contribution in [0.2, 0.25) is 0 Å². The number of rotatable bonds is 1. The average Bonchev–Trinajstić information content (AvgIpc) is 2.14. The van der Waals surface area contributed by atoms with Crippen molar-refractivity contribution in [2.24, 2.45) is 0 Å². The molecule has 0 unspecified atom stereocenters. The summed E-state index contributed by atoms with van der Waals surface area (Å²) in [6.07, 6.45) is 0. The molecule has 1 rings (SSSR count). The minimum absolute atomic E-state index is 0.183. The molecule has 0 aromatic carbocycles. The number of nitrogens with zero attached hydrogens (tertiary/aromatic N) is 1. The van der Waals surface area contributed by atoms with Crippen LogP contribution in [0.15, 0.2) is 5.38 Å². The SMILES string of the molecule is Cc1csc([N+](=O)[O-])c1O. The third-order valence-electron chi connectivity index (χ3n) is 1.09. The Morgan fingerprint density at radius 1 is 1.80 bits per heavy atom. The van der Waals surface area contributed by atoms with Gasteiger partial charge >= 0.3 is 5.00 Å². The Labute approximate surface area is 60.9 Å². The molecule has 54 valence electrons. The van der Waals surface area contributed by atoms with E-state index in [1.54, 1.807) is 12.3 Å².